The van der Waals surface area contributed by atoms with Crippen LogP contribution in [0.4, 0.5) is 5.69 Å². The second-order valence-corrected chi connectivity index (χ2v) is 4.90. The van der Waals surface area contributed by atoms with Crippen molar-refractivity contribution in [2.45, 2.75) is 39.0 Å². The second-order valence-electron chi connectivity index (χ2n) is 4.90. The van der Waals surface area contributed by atoms with Gasteiger partial charge in [0, 0.05) is 18.1 Å². The van der Waals surface area contributed by atoms with Crippen LogP contribution in [0.1, 0.15) is 38.2 Å². The summed E-state index contributed by atoms with van der Waals surface area (Å²) in [5.74, 6) is 1.75. The molecule has 1 heterocycles. The Morgan fingerprint density at radius 2 is 2.07 bits per heavy atom. The zero-order valence-corrected chi connectivity index (χ0v) is 9.45. The fourth-order valence-electron chi connectivity index (χ4n) is 2.45. The number of hydrogen-bond donors (Lipinski definition) is 1. The van der Waals surface area contributed by atoms with Crippen LogP contribution in [0.15, 0.2) is 18.5 Å². The Balaban J connectivity index is 1.95. The van der Waals surface area contributed by atoms with E-state index >= 15 is 0 Å². The van der Waals surface area contributed by atoms with Crippen LogP contribution >= 0.6 is 0 Å². The van der Waals surface area contributed by atoms with Gasteiger partial charge in [0.05, 0.1) is 0 Å². The first-order chi connectivity index (χ1) is 7.25. The third-order valence-electron chi connectivity index (χ3n) is 3.59. The summed E-state index contributed by atoms with van der Waals surface area (Å²) in [6, 6.07) is 1.90. The molecule has 1 fully saturated rings. The van der Waals surface area contributed by atoms with Gasteiger partial charge < -0.3 is 5.73 Å². The van der Waals surface area contributed by atoms with Crippen LogP contribution in [0.2, 0.25) is 0 Å². The minimum atomic E-state index is 0.827. The molecule has 0 unspecified atom stereocenters. The molecule has 0 bridgehead atoms. The maximum absolute atomic E-state index is 5.93. The van der Waals surface area contributed by atoms with Crippen molar-refractivity contribution in [2.75, 3.05) is 5.73 Å². The summed E-state index contributed by atoms with van der Waals surface area (Å²) in [6.07, 6.45) is 10.3. The summed E-state index contributed by atoms with van der Waals surface area (Å²) in [5.41, 5.74) is 8.06. The van der Waals surface area contributed by atoms with Gasteiger partial charge in [0.15, 0.2) is 0 Å². The zero-order valence-electron chi connectivity index (χ0n) is 9.45. The van der Waals surface area contributed by atoms with Gasteiger partial charge in [-0.3, -0.25) is 4.98 Å². The number of nitrogen functional groups attached to an aromatic ring is 1. The van der Waals surface area contributed by atoms with E-state index in [4.69, 9.17) is 5.73 Å². The van der Waals surface area contributed by atoms with Crippen molar-refractivity contribution in [2.24, 2.45) is 11.8 Å². The zero-order chi connectivity index (χ0) is 10.7. The van der Waals surface area contributed by atoms with Crippen LogP contribution in [0.3, 0.4) is 0 Å². The Morgan fingerprint density at radius 1 is 1.33 bits per heavy atom. The van der Waals surface area contributed by atoms with Crippen molar-refractivity contribution in [1.29, 1.82) is 0 Å². The van der Waals surface area contributed by atoms with Gasteiger partial charge in [-0.2, -0.15) is 0 Å². The Hall–Kier alpha value is -1.05. The predicted octanol–water partition coefficient (Wildman–Crippen LogP) is 3.03. The predicted molar refractivity (Wildman–Crippen MR) is 63.5 cm³/mol. The SMILES string of the molecule is CC1CCC(Cc2cnccc2N)CC1. The van der Waals surface area contributed by atoms with Crippen LogP contribution in [-0.2, 0) is 6.42 Å². The molecule has 2 rings (SSSR count). The Morgan fingerprint density at radius 3 is 2.73 bits per heavy atom. The van der Waals surface area contributed by atoms with Crippen molar-refractivity contribution in [3.63, 3.8) is 0 Å². The molecule has 1 saturated carbocycles. The summed E-state index contributed by atoms with van der Waals surface area (Å²) < 4.78 is 0. The van der Waals surface area contributed by atoms with E-state index in [9.17, 15) is 0 Å². The number of nitrogens with two attached hydrogens (primary N) is 1. The van der Waals surface area contributed by atoms with Gasteiger partial charge in [-0.25, -0.2) is 0 Å². The normalized spacial score (nSPS) is 26.5. The third-order valence-corrected chi connectivity index (χ3v) is 3.59. The van der Waals surface area contributed by atoms with E-state index < -0.39 is 0 Å². The molecular formula is C13H20N2. The fourth-order valence-corrected chi connectivity index (χ4v) is 2.45. The topological polar surface area (TPSA) is 38.9 Å². The monoisotopic (exact) mass is 204 g/mol. The highest BCUT2D eigenvalue weighted by Crippen LogP contribution is 2.31. The standard InChI is InChI=1S/C13H20N2/c1-10-2-4-11(5-3-10)8-12-9-15-7-6-13(12)14/h6-7,9-11H,2-5,8H2,1H3,(H2,14,15). The smallest absolute Gasteiger partial charge is 0.0377 e. The molecule has 1 aliphatic carbocycles. The number of rotatable bonds is 2. The highest BCUT2D eigenvalue weighted by molar-refractivity contribution is 5.44. The van der Waals surface area contributed by atoms with Crippen LogP contribution in [-0.4, -0.2) is 4.98 Å². The Labute approximate surface area is 91.9 Å². The van der Waals surface area contributed by atoms with Crippen molar-refractivity contribution in [3.05, 3.63) is 24.0 Å². The van der Waals surface area contributed by atoms with Crippen LogP contribution in [0.5, 0.6) is 0 Å². The quantitative estimate of drug-likeness (QED) is 0.804. The molecule has 2 nitrogen and oxygen atoms in total. The molecule has 0 radical (unpaired) electrons. The van der Waals surface area contributed by atoms with E-state index in [1.807, 2.05) is 12.3 Å². The van der Waals surface area contributed by atoms with Gasteiger partial charge in [-0.1, -0.05) is 19.8 Å². The summed E-state index contributed by atoms with van der Waals surface area (Å²) in [4.78, 5) is 4.15. The van der Waals surface area contributed by atoms with E-state index in [1.54, 1.807) is 6.20 Å². The molecule has 1 aromatic heterocycles. The first-order valence-corrected chi connectivity index (χ1v) is 5.94. The fraction of sp³-hybridized carbons (Fsp3) is 0.615. The lowest BCUT2D eigenvalue weighted by molar-refractivity contribution is 0.289. The van der Waals surface area contributed by atoms with E-state index in [1.165, 1.54) is 31.2 Å². The lowest BCUT2D eigenvalue weighted by Gasteiger charge is -2.26. The molecule has 82 valence electrons. The summed E-state index contributed by atoms with van der Waals surface area (Å²) in [5, 5.41) is 0. The second kappa shape index (κ2) is 4.65. The molecule has 1 aromatic rings. The highest BCUT2D eigenvalue weighted by Gasteiger charge is 2.18. The minimum absolute atomic E-state index is 0.827. The summed E-state index contributed by atoms with van der Waals surface area (Å²) in [6.45, 7) is 2.36. The van der Waals surface area contributed by atoms with Gasteiger partial charge >= 0.3 is 0 Å². The molecule has 0 aliphatic heterocycles. The third kappa shape index (κ3) is 2.71. The van der Waals surface area contributed by atoms with Crippen LogP contribution in [0, 0.1) is 11.8 Å². The van der Waals surface area contributed by atoms with Gasteiger partial charge in [0.25, 0.3) is 0 Å². The van der Waals surface area contributed by atoms with Gasteiger partial charge in [0.1, 0.15) is 0 Å². The molecule has 0 atom stereocenters. The van der Waals surface area contributed by atoms with Crippen LogP contribution in [0.25, 0.3) is 0 Å². The van der Waals surface area contributed by atoms with Crippen molar-refractivity contribution in [3.8, 4) is 0 Å². The first kappa shape index (κ1) is 10.5. The van der Waals surface area contributed by atoms with E-state index in [2.05, 4.69) is 11.9 Å². The van der Waals surface area contributed by atoms with Gasteiger partial charge in [-0.15, -0.1) is 0 Å². The lowest BCUT2D eigenvalue weighted by atomic mass is 9.80. The Kier molecular flexibility index (Phi) is 3.24. The van der Waals surface area contributed by atoms with Crippen molar-refractivity contribution >= 4 is 5.69 Å². The van der Waals surface area contributed by atoms with Crippen LogP contribution < -0.4 is 5.73 Å². The molecule has 0 aromatic carbocycles. The largest absolute Gasteiger partial charge is 0.398 e. The van der Waals surface area contributed by atoms with Crippen molar-refractivity contribution in [1.82, 2.24) is 4.98 Å². The average molecular weight is 204 g/mol. The summed E-state index contributed by atoms with van der Waals surface area (Å²) >= 11 is 0. The number of anilines is 1. The first-order valence-electron chi connectivity index (χ1n) is 5.94. The number of aromatic nitrogens is 1. The lowest BCUT2D eigenvalue weighted by Crippen LogP contribution is -2.15. The molecule has 1 aliphatic rings. The number of hydrogen-bond acceptors (Lipinski definition) is 2. The molecule has 0 spiro atoms. The molecule has 2 heteroatoms. The van der Waals surface area contributed by atoms with E-state index in [0.717, 1.165) is 23.9 Å². The molecule has 0 amide bonds. The van der Waals surface area contributed by atoms with Gasteiger partial charge in [-0.05, 0) is 42.7 Å². The highest BCUT2D eigenvalue weighted by atomic mass is 14.7. The van der Waals surface area contributed by atoms with Gasteiger partial charge in [0.2, 0.25) is 0 Å². The molecular weight excluding hydrogens is 184 g/mol. The van der Waals surface area contributed by atoms with E-state index in [0.29, 0.717) is 0 Å². The summed E-state index contributed by atoms with van der Waals surface area (Å²) in [7, 11) is 0. The minimum Gasteiger partial charge on any atom is -0.398 e. The molecule has 15 heavy (non-hydrogen) atoms. The molecule has 0 saturated heterocycles. The number of pyridine rings is 1. The molecule has 2 N–H and O–H groups in total. The Bertz CT molecular complexity index is 314. The van der Waals surface area contributed by atoms with Crippen molar-refractivity contribution < 1.29 is 0 Å². The number of nitrogens with zero attached hydrogens (tertiary/aromatic N) is 1. The maximum atomic E-state index is 5.93. The average Bonchev–Trinajstić information content (AvgIpc) is 2.25. The maximum Gasteiger partial charge on any atom is 0.0377 e. The van der Waals surface area contributed by atoms with E-state index in [-0.39, 0.29) is 0 Å².